The van der Waals surface area contributed by atoms with E-state index in [9.17, 15) is 14.4 Å². The molecule has 7 nitrogen and oxygen atoms in total. The Labute approximate surface area is 125 Å². The van der Waals surface area contributed by atoms with Gasteiger partial charge in [-0.3, -0.25) is 9.59 Å². The van der Waals surface area contributed by atoms with E-state index in [1.54, 1.807) is 20.8 Å². The average Bonchev–Trinajstić information content (AvgIpc) is 2.30. The lowest BCUT2D eigenvalue weighted by molar-refractivity contribution is -0.133. The monoisotopic (exact) mass is 299 g/mol. The predicted octanol–water partition coefficient (Wildman–Crippen LogP) is 0.542. The average molecular weight is 299 g/mol. The minimum Gasteiger partial charge on any atom is -0.444 e. The third-order valence-corrected chi connectivity index (χ3v) is 3.66. The van der Waals surface area contributed by atoms with Crippen molar-refractivity contribution in [1.29, 1.82) is 0 Å². The van der Waals surface area contributed by atoms with E-state index in [-0.39, 0.29) is 18.4 Å². The van der Waals surface area contributed by atoms with E-state index >= 15 is 0 Å². The molecule has 7 heteroatoms. The van der Waals surface area contributed by atoms with Crippen LogP contribution in [0.2, 0.25) is 0 Å². The summed E-state index contributed by atoms with van der Waals surface area (Å²) < 4.78 is 5.16. The molecule has 3 N–H and O–H groups in total. The van der Waals surface area contributed by atoms with Crippen molar-refractivity contribution in [3.8, 4) is 0 Å². The van der Waals surface area contributed by atoms with Crippen LogP contribution in [0.3, 0.4) is 0 Å². The highest BCUT2D eigenvalue weighted by atomic mass is 16.6. The van der Waals surface area contributed by atoms with E-state index in [2.05, 4.69) is 16.0 Å². The van der Waals surface area contributed by atoms with Gasteiger partial charge in [0.1, 0.15) is 11.1 Å². The lowest BCUT2D eigenvalue weighted by atomic mass is 9.70. The zero-order valence-corrected chi connectivity index (χ0v) is 13.1. The van der Waals surface area contributed by atoms with Crippen molar-refractivity contribution in [2.24, 2.45) is 5.92 Å². The Hall–Kier alpha value is -1.79. The van der Waals surface area contributed by atoms with Crippen LogP contribution in [0.4, 0.5) is 4.79 Å². The van der Waals surface area contributed by atoms with Gasteiger partial charge >= 0.3 is 6.09 Å². The normalized spacial score (nSPS) is 17.9. The van der Waals surface area contributed by atoms with Crippen molar-refractivity contribution in [3.63, 3.8) is 0 Å². The fourth-order valence-corrected chi connectivity index (χ4v) is 2.40. The van der Waals surface area contributed by atoms with Crippen LogP contribution in [-0.4, -0.2) is 43.1 Å². The fraction of sp³-hybridized carbons (Fsp3) is 0.786. The number of rotatable bonds is 6. The number of alkyl carbamates (subject to hydrolysis) is 1. The van der Waals surface area contributed by atoms with Crippen LogP contribution in [0.25, 0.3) is 0 Å². The van der Waals surface area contributed by atoms with Crippen LogP contribution in [0, 0.1) is 5.92 Å². The lowest BCUT2D eigenvalue weighted by Crippen LogP contribution is -2.67. The van der Waals surface area contributed by atoms with Crippen molar-refractivity contribution >= 4 is 18.4 Å². The Kier molecular flexibility index (Phi) is 5.57. The first-order valence-electron chi connectivity index (χ1n) is 7.15. The predicted molar refractivity (Wildman–Crippen MR) is 77.6 cm³/mol. The Bertz CT molecular complexity index is 402. The number of hydrogen-bond acceptors (Lipinski definition) is 4. The zero-order valence-electron chi connectivity index (χ0n) is 13.1. The van der Waals surface area contributed by atoms with Crippen LogP contribution in [0.15, 0.2) is 0 Å². The molecule has 21 heavy (non-hydrogen) atoms. The number of nitrogens with one attached hydrogen (secondary N) is 3. The maximum absolute atomic E-state index is 12.2. The second kappa shape index (κ2) is 6.78. The van der Waals surface area contributed by atoms with Crippen LogP contribution in [0.5, 0.6) is 0 Å². The van der Waals surface area contributed by atoms with E-state index in [0.29, 0.717) is 6.41 Å². The molecule has 0 aliphatic heterocycles. The first kappa shape index (κ1) is 17.3. The van der Waals surface area contributed by atoms with Gasteiger partial charge in [-0.2, -0.15) is 0 Å². The summed E-state index contributed by atoms with van der Waals surface area (Å²) in [5, 5.41) is 7.75. The van der Waals surface area contributed by atoms with Crippen molar-refractivity contribution in [3.05, 3.63) is 0 Å². The van der Waals surface area contributed by atoms with Gasteiger partial charge in [0.2, 0.25) is 12.3 Å². The molecule has 0 saturated heterocycles. The summed E-state index contributed by atoms with van der Waals surface area (Å²) in [4.78, 5) is 34.9. The summed E-state index contributed by atoms with van der Waals surface area (Å²) in [7, 11) is 1.51. The number of carbonyl (C=O) groups excluding carboxylic acids is 3. The SMILES string of the molecule is CNC(=O)C(CNC(=O)OC(C)(C)C)(NC=O)C1CCC1. The van der Waals surface area contributed by atoms with Crippen molar-refractivity contribution < 1.29 is 19.1 Å². The number of amides is 3. The molecule has 0 aromatic rings. The highest BCUT2D eigenvalue weighted by molar-refractivity contribution is 5.89. The van der Waals surface area contributed by atoms with Gasteiger partial charge in [-0.05, 0) is 39.5 Å². The molecule has 1 saturated carbocycles. The van der Waals surface area contributed by atoms with Crippen LogP contribution in [0.1, 0.15) is 40.0 Å². The lowest BCUT2D eigenvalue weighted by Gasteiger charge is -2.43. The minimum atomic E-state index is -1.12. The van der Waals surface area contributed by atoms with E-state index in [0.717, 1.165) is 19.3 Å². The molecule has 0 radical (unpaired) electrons. The van der Waals surface area contributed by atoms with E-state index in [4.69, 9.17) is 4.74 Å². The summed E-state index contributed by atoms with van der Waals surface area (Å²) in [6.45, 7) is 5.28. The number of carbonyl (C=O) groups is 3. The van der Waals surface area contributed by atoms with Gasteiger partial charge in [-0.15, -0.1) is 0 Å². The second-order valence-electron chi connectivity index (χ2n) is 6.30. The van der Waals surface area contributed by atoms with Crippen LogP contribution >= 0.6 is 0 Å². The standard InChI is InChI=1S/C14H25N3O4/c1-13(2,3)21-12(20)16-8-14(17-9-18,11(19)15-4)10-6-5-7-10/h9-10H,5-8H2,1-4H3,(H,15,19)(H,16,20)(H,17,18). The van der Waals surface area contributed by atoms with Crippen molar-refractivity contribution in [1.82, 2.24) is 16.0 Å². The Balaban J connectivity index is 2.79. The fourth-order valence-electron chi connectivity index (χ4n) is 2.40. The zero-order chi connectivity index (χ0) is 16.1. The molecule has 0 bridgehead atoms. The highest BCUT2D eigenvalue weighted by Crippen LogP contribution is 2.36. The first-order valence-corrected chi connectivity index (χ1v) is 7.15. The molecule has 0 spiro atoms. The topological polar surface area (TPSA) is 96.5 Å². The van der Waals surface area contributed by atoms with Gasteiger partial charge in [0, 0.05) is 7.05 Å². The molecule has 0 aromatic heterocycles. The summed E-state index contributed by atoms with van der Waals surface area (Å²) in [6, 6.07) is 0. The third-order valence-electron chi connectivity index (χ3n) is 3.66. The summed E-state index contributed by atoms with van der Waals surface area (Å²) >= 11 is 0. The van der Waals surface area contributed by atoms with E-state index < -0.39 is 17.2 Å². The van der Waals surface area contributed by atoms with Gasteiger partial charge in [0.25, 0.3) is 0 Å². The van der Waals surface area contributed by atoms with Crippen LogP contribution < -0.4 is 16.0 Å². The molecule has 1 unspecified atom stereocenters. The maximum Gasteiger partial charge on any atom is 0.407 e. The van der Waals surface area contributed by atoms with E-state index in [1.807, 2.05) is 0 Å². The van der Waals surface area contributed by atoms with Crippen LogP contribution in [-0.2, 0) is 14.3 Å². The molecule has 3 amide bonds. The Morgan fingerprint density at radius 3 is 2.29 bits per heavy atom. The van der Waals surface area contributed by atoms with Crippen molar-refractivity contribution in [2.45, 2.75) is 51.2 Å². The largest absolute Gasteiger partial charge is 0.444 e. The molecule has 0 aromatic carbocycles. The van der Waals surface area contributed by atoms with E-state index in [1.165, 1.54) is 7.05 Å². The van der Waals surface area contributed by atoms with Gasteiger partial charge in [-0.1, -0.05) is 6.42 Å². The first-order chi connectivity index (χ1) is 9.75. The molecule has 1 fully saturated rings. The molecule has 1 rings (SSSR count). The smallest absolute Gasteiger partial charge is 0.407 e. The number of likely N-dealkylation sites (N-methyl/N-ethyl adjacent to an activating group) is 1. The quantitative estimate of drug-likeness (QED) is 0.624. The maximum atomic E-state index is 12.2. The summed E-state index contributed by atoms with van der Waals surface area (Å²) in [5.74, 6) is -0.298. The minimum absolute atomic E-state index is 0.00495. The Morgan fingerprint density at radius 1 is 1.29 bits per heavy atom. The molecule has 120 valence electrons. The molecular formula is C14H25N3O4. The molecule has 0 heterocycles. The highest BCUT2D eigenvalue weighted by Gasteiger charge is 2.47. The molecule has 1 aliphatic carbocycles. The molecule has 1 atom stereocenters. The number of hydrogen-bond donors (Lipinski definition) is 3. The molecule has 1 aliphatic rings. The second-order valence-corrected chi connectivity index (χ2v) is 6.30. The molecular weight excluding hydrogens is 274 g/mol. The van der Waals surface area contributed by atoms with Crippen molar-refractivity contribution in [2.75, 3.05) is 13.6 Å². The summed E-state index contributed by atoms with van der Waals surface area (Å²) in [5.41, 5.74) is -1.74. The summed E-state index contributed by atoms with van der Waals surface area (Å²) in [6.07, 6.45) is 2.58. The Morgan fingerprint density at radius 2 is 1.90 bits per heavy atom. The van der Waals surface area contributed by atoms with Gasteiger partial charge in [-0.25, -0.2) is 4.79 Å². The van der Waals surface area contributed by atoms with Gasteiger partial charge in [0.05, 0.1) is 6.54 Å². The number of ether oxygens (including phenoxy) is 1. The van der Waals surface area contributed by atoms with Gasteiger partial charge in [0.15, 0.2) is 0 Å². The van der Waals surface area contributed by atoms with Gasteiger partial charge < -0.3 is 20.7 Å². The third kappa shape index (κ3) is 4.34.